The third-order valence-electron chi connectivity index (χ3n) is 3.02. The second kappa shape index (κ2) is 7.88. The summed E-state index contributed by atoms with van der Waals surface area (Å²) in [7, 11) is 0. The molecule has 0 saturated carbocycles. The van der Waals surface area contributed by atoms with E-state index in [-0.39, 0.29) is 11.4 Å². The van der Waals surface area contributed by atoms with Crippen molar-refractivity contribution < 1.29 is 23.4 Å². The van der Waals surface area contributed by atoms with Gasteiger partial charge in [-0.05, 0) is 24.1 Å². The maximum absolute atomic E-state index is 12.7. The van der Waals surface area contributed by atoms with E-state index in [1.165, 1.54) is 36.7 Å². The number of aromatic nitrogens is 1. The standard InChI is InChI=1S/C16H15FN2O4/c17-14-3-1-12(2-4-14)5-8-18-15(20)11-23-16(21)13-6-9-19(22)10-7-13/h1-4,6-7,9-10H,5,8,11H2,(H,18,20). The largest absolute Gasteiger partial charge is 0.619 e. The van der Waals surface area contributed by atoms with Gasteiger partial charge < -0.3 is 15.3 Å². The van der Waals surface area contributed by atoms with Gasteiger partial charge in [0, 0.05) is 18.7 Å². The van der Waals surface area contributed by atoms with Crippen LogP contribution >= 0.6 is 0 Å². The molecule has 1 aromatic heterocycles. The van der Waals surface area contributed by atoms with Gasteiger partial charge in [-0.1, -0.05) is 12.1 Å². The van der Waals surface area contributed by atoms with Crippen LogP contribution in [-0.2, 0) is 16.0 Å². The Morgan fingerprint density at radius 3 is 2.43 bits per heavy atom. The molecule has 0 unspecified atom stereocenters. The van der Waals surface area contributed by atoms with Crippen LogP contribution in [0.2, 0.25) is 0 Å². The van der Waals surface area contributed by atoms with Crippen molar-refractivity contribution in [2.24, 2.45) is 0 Å². The fraction of sp³-hybridized carbons (Fsp3) is 0.188. The van der Waals surface area contributed by atoms with Crippen LogP contribution in [0.1, 0.15) is 15.9 Å². The second-order valence-corrected chi connectivity index (χ2v) is 4.75. The first-order chi connectivity index (χ1) is 11.0. The summed E-state index contributed by atoms with van der Waals surface area (Å²) < 4.78 is 18.1. The first-order valence-electron chi connectivity index (χ1n) is 6.92. The Labute approximate surface area is 132 Å². The quantitative estimate of drug-likeness (QED) is 0.489. The molecule has 0 atom stereocenters. The third-order valence-corrected chi connectivity index (χ3v) is 3.02. The van der Waals surface area contributed by atoms with Gasteiger partial charge in [0.15, 0.2) is 19.0 Å². The van der Waals surface area contributed by atoms with E-state index in [9.17, 15) is 19.2 Å². The SMILES string of the molecule is O=C(COC(=O)c1cc[n+]([O-])cc1)NCCc1ccc(F)cc1. The number of amides is 1. The highest BCUT2D eigenvalue weighted by atomic mass is 19.1. The van der Waals surface area contributed by atoms with Crippen LogP contribution in [0.15, 0.2) is 48.8 Å². The number of esters is 1. The number of rotatable bonds is 6. The minimum Gasteiger partial charge on any atom is -0.619 e. The molecule has 2 rings (SSSR count). The molecular formula is C16H15FN2O4. The zero-order valence-corrected chi connectivity index (χ0v) is 12.2. The Morgan fingerprint density at radius 1 is 1.13 bits per heavy atom. The van der Waals surface area contributed by atoms with Gasteiger partial charge in [-0.15, -0.1) is 0 Å². The van der Waals surface area contributed by atoms with Crippen molar-refractivity contribution in [1.82, 2.24) is 5.32 Å². The molecule has 0 spiro atoms. The zero-order valence-electron chi connectivity index (χ0n) is 12.2. The van der Waals surface area contributed by atoms with E-state index in [0.717, 1.165) is 5.56 Å². The lowest BCUT2D eigenvalue weighted by Crippen LogP contribution is -2.30. The van der Waals surface area contributed by atoms with E-state index in [4.69, 9.17) is 4.74 Å². The molecule has 0 bridgehead atoms. The number of halogens is 1. The van der Waals surface area contributed by atoms with Crippen molar-refractivity contribution in [1.29, 1.82) is 0 Å². The minimum atomic E-state index is -0.681. The van der Waals surface area contributed by atoms with E-state index < -0.39 is 18.5 Å². The molecule has 0 aliphatic carbocycles. The first kappa shape index (κ1) is 16.4. The Hall–Kier alpha value is -2.96. The van der Waals surface area contributed by atoms with Crippen LogP contribution in [0.3, 0.4) is 0 Å². The molecule has 0 saturated heterocycles. The summed E-state index contributed by atoms with van der Waals surface area (Å²) in [4.78, 5) is 23.2. The molecule has 120 valence electrons. The normalized spacial score (nSPS) is 10.1. The number of benzene rings is 1. The summed E-state index contributed by atoms with van der Waals surface area (Å²) in [6.45, 7) is -0.0575. The maximum atomic E-state index is 12.7. The summed E-state index contributed by atoms with van der Waals surface area (Å²) in [5, 5.41) is 13.4. The van der Waals surface area contributed by atoms with Gasteiger partial charge in [0.25, 0.3) is 5.91 Å². The summed E-state index contributed by atoms with van der Waals surface area (Å²) in [6.07, 6.45) is 2.88. The third kappa shape index (κ3) is 5.39. The zero-order chi connectivity index (χ0) is 16.7. The molecule has 0 fully saturated rings. The predicted octanol–water partition coefficient (Wildman–Crippen LogP) is 0.975. The van der Waals surface area contributed by atoms with E-state index in [1.54, 1.807) is 12.1 Å². The summed E-state index contributed by atoms with van der Waals surface area (Å²) in [6, 6.07) is 8.59. The van der Waals surface area contributed by atoms with E-state index in [2.05, 4.69) is 5.32 Å². The summed E-state index contributed by atoms with van der Waals surface area (Å²) >= 11 is 0. The van der Waals surface area contributed by atoms with E-state index in [0.29, 0.717) is 17.7 Å². The Kier molecular flexibility index (Phi) is 5.62. The van der Waals surface area contributed by atoms with Gasteiger partial charge in [-0.2, -0.15) is 4.73 Å². The van der Waals surface area contributed by atoms with Crippen LogP contribution in [0.4, 0.5) is 4.39 Å². The number of carbonyl (C=O) groups is 2. The lowest BCUT2D eigenvalue weighted by molar-refractivity contribution is -0.605. The molecular weight excluding hydrogens is 303 g/mol. The fourth-order valence-electron chi connectivity index (χ4n) is 1.81. The van der Waals surface area contributed by atoms with Gasteiger partial charge in [0.05, 0.1) is 5.56 Å². The fourth-order valence-corrected chi connectivity index (χ4v) is 1.81. The van der Waals surface area contributed by atoms with Gasteiger partial charge in [0.1, 0.15) is 5.82 Å². The number of hydrogen-bond donors (Lipinski definition) is 1. The van der Waals surface area contributed by atoms with E-state index in [1.807, 2.05) is 0 Å². The van der Waals surface area contributed by atoms with Crippen molar-refractivity contribution in [2.75, 3.05) is 13.2 Å². The minimum absolute atomic E-state index is 0.191. The average Bonchev–Trinajstić information content (AvgIpc) is 2.55. The van der Waals surface area contributed by atoms with E-state index >= 15 is 0 Å². The lowest BCUT2D eigenvalue weighted by Gasteiger charge is -2.07. The van der Waals surface area contributed by atoms with Crippen LogP contribution in [0.25, 0.3) is 0 Å². The highest BCUT2D eigenvalue weighted by Crippen LogP contribution is 2.03. The van der Waals surface area contributed by atoms with Crippen molar-refractivity contribution in [3.05, 3.63) is 70.9 Å². The molecule has 1 heterocycles. The Balaban J connectivity index is 1.69. The number of nitrogens with zero attached hydrogens (tertiary/aromatic N) is 1. The van der Waals surface area contributed by atoms with Crippen molar-refractivity contribution in [3.63, 3.8) is 0 Å². The van der Waals surface area contributed by atoms with Crippen LogP contribution in [-0.4, -0.2) is 25.0 Å². The van der Waals surface area contributed by atoms with Crippen LogP contribution in [0, 0.1) is 11.0 Å². The number of pyridine rings is 1. The molecule has 0 aliphatic rings. The number of carbonyl (C=O) groups excluding carboxylic acids is 2. The molecule has 2 aromatic rings. The van der Waals surface area contributed by atoms with Gasteiger partial charge >= 0.3 is 5.97 Å². The summed E-state index contributed by atoms with van der Waals surface area (Å²) in [5.41, 5.74) is 1.08. The molecule has 1 aromatic carbocycles. The molecule has 7 heteroatoms. The molecule has 6 nitrogen and oxygen atoms in total. The molecule has 1 N–H and O–H groups in total. The Bertz CT molecular complexity index is 671. The highest BCUT2D eigenvalue weighted by Gasteiger charge is 2.10. The van der Waals surface area contributed by atoms with Crippen LogP contribution in [0.5, 0.6) is 0 Å². The van der Waals surface area contributed by atoms with Gasteiger partial charge in [-0.3, -0.25) is 4.79 Å². The topological polar surface area (TPSA) is 82.3 Å². The molecule has 23 heavy (non-hydrogen) atoms. The van der Waals surface area contributed by atoms with Crippen molar-refractivity contribution in [2.45, 2.75) is 6.42 Å². The smallest absolute Gasteiger partial charge is 0.339 e. The number of hydrogen-bond acceptors (Lipinski definition) is 4. The van der Waals surface area contributed by atoms with Gasteiger partial charge in [-0.25, -0.2) is 9.18 Å². The molecule has 0 aliphatic heterocycles. The number of ether oxygens (including phenoxy) is 1. The molecule has 1 amide bonds. The number of nitrogens with one attached hydrogen (secondary N) is 1. The van der Waals surface area contributed by atoms with Crippen molar-refractivity contribution in [3.8, 4) is 0 Å². The first-order valence-corrected chi connectivity index (χ1v) is 6.92. The molecule has 0 radical (unpaired) electrons. The monoisotopic (exact) mass is 318 g/mol. The second-order valence-electron chi connectivity index (χ2n) is 4.75. The maximum Gasteiger partial charge on any atom is 0.339 e. The predicted molar refractivity (Wildman–Crippen MR) is 78.8 cm³/mol. The summed E-state index contributed by atoms with van der Waals surface area (Å²) in [5.74, 6) is -1.43. The van der Waals surface area contributed by atoms with Crippen molar-refractivity contribution >= 4 is 11.9 Å². The Morgan fingerprint density at radius 2 is 1.78 bits per heavy atom. The van der Waals surface area contributed by atoms with Gasteiger partial charge in [0.2, 0.25) is 0 Å². The highest BCUT2D eigenvalue weighted by molar-refractivity contribution is 5.91. The lowest BCUT2D eigenvalue weighted by atomic mass is 10.1. The average molecular weight is 318 g/mol. The van der Waals surface area contributed by atoms with Crippen LogP contribution < -0.4 is 10.0 Å².